The van der Waals surface area contributed by atoms with Gasteiger partial charge in [-0.25, -0.2) is 4.68 Å². The van der Waals surface area contributed by atoms with Crippen LogP contribution in [0, 0.1) is 17.2 Å². The molecular weight excluding hydrogens is 548 g/mol. The average molecular weight is 587 g/mol. The molecule has 0 bridgehead atoms. The Kier molecular flexibility index (Phi) is 9.21. The smallest absolute Gasteiger partial charge is 0.243 e. The number of likely N-dealkylation sites (tertiary alicyclic amines) is 2. The summed E-state index contributed by atoms with van der Waals surface area (Å²) >= 11 is 0. The third-order valence-corrected chi connectivity index (χ3v) is 8.51. The number of rotatable bonds is 10. The van der Waals surface area contributed by atoms with Crippen LogP contribution < -0.4 is 15.8 Å². The average Bonchev–Trinajstić information content (AvgIpc) is 3.77. The summed E-state index contributed by atoms with van der Waals surface area (Å²) in [5.41, 5.74) is 9.93. The third kappa shape index (κ3) is 6.78. The van der Waals surface area contributed by atoms with Crippen molar-refractivity contribution in [1.29, 1.82) is 5.26 Å². The Morgan fingerprint density at radius 1 is 1.16 bits per heavy atom. The maximum atomic E-state index is 13.6. The van der Waals surface area contributed by atoms with Gasteiger partial charge in [-0.05, 0) is 73.4 Å². The van der Waals surface area contributed by atoms with E-state index < -0.39 is 18.1 Å². The molecule has 2 fully saturated rings. The van der Waals surface area contributed by atoms with Gasteiger partial charge < -0.3 is 25.6 Å². The lowest BCUT2D eigenvalue weighted by Gasteiger charge is -2.27. The minimum absolute atomic E-state index is 0.0545. The van der Waals surface area contributed by atoms with E-state index in [9.17, 15) is 19.6 Å². The number of benzene rings is 2. The van der Waals surface area contributed by atoms with Gasteiger partial charge in [0.1, 0.15) is 23.3 Å². The van der Waals surface area contributed by atoms with Crippen LogP contribution in [0.15, 0.2) is 42.5 Å². The zero-order chi connectivity index (χ0) is 30.5. The van der Waals surface area contributed by atoms with Crippen LogP contribution in [-0.4, -0.2) is 80.8 Å². The van der Waals surface area contributed by atoms with Gasteiger partial charge in [0.05, 0.1) is 24.7 Å². The minimum atomic E-state index is -0.929. The first-order valence-corrected chi connectivity index (χ1v) is 14.7. The van der Waals surface area contributed by atoms with Crippen molar-refractivity contribution in [2.75, 3.05) is 20.2 Å². The Bertz CT molecular complexity index is 1510. The highest BCUT2D eigenvalue weighted by Crippen LogP contribution is 2.29. The fraction of sp³-hybridized carbons (Fsp3) is 0.484. The molecule has 0 radical (unpaired) electrons. The second-order valence-electron chi connectivity index (χ2n) is 11.4. The van der Waals surface area contributed by atoms with Gasteiger partial charge in [0, 0.05) is 33.1 Å². The van der Waals surface area contributed by atoms with Crippen LogP contribution in [0.1, 0.15) is 43.2 Å². The lowest BCUT2D eigenvalue weighted by molar-refractivity contribution is -0.140. The van der Waals surface area contributed by atoms with Crippen LogP contribution in [0.2, 0.25) is 0 Å². The molecule has 0 aliphatic carbocycles. The van der Waals surface area contributed by atoms with E-state index in [2.05, 4.69) is 21.7 Å². The minimum Gasteiger partial charge on any atom is -0.497 e. The number of nitrogens with two attached hydrogens (primary N) is 1. The van der Waals surface area contributed by atoms with Gasteiger partial charge in [0.15, 0.2) is 0 Å². The Morgan fingerprint density at radius 2 is 1.93 bits per heavy atom. The predicted molar refractivity (Wildman–Crippen MR) is 158 cm³/mol. The van der Waals surface area contributed by atoms with Gasteiger partial charge in [-0.2, -0.15) is 5.26 Å². The molecule has 2 aliphatic heterocycles. The number of carbonyl (C=O) groups is 3. The third-order valence-electron chi connectivity index (χ3n) is 8.51. The maximum absolute atomic E-state index is 13.6. The molecule has 2 aliphatic rings. The summed E-state index contributed by atoms with van der Waals surface area (Å²) in [6.07, 6.45) is 2.88. The molecule has 3 heterocycles. The Hall–Kier alpha value is -4.50. The van der Waals surface area contributed by atoms with Crippen LogP contribution in [0.5, 0.6) is 5.75 Å². The summed E-state index contributed by atoms with van der Waals surface area (Å²) in [4.78, 5) is 43.1. The number of hydrogen-bond acceptors (Lipinski definition) is 8. The first kappa shape index (κ1) is 30.0. The van der Waals surface area contributed by atoms with Gasteiger partial charge in [0.25, 0.3) is 0 Å². The molecule has 2 saturated heterocycles. The number of carbonyl (C=O) groups excluding carboxylic acids is 3. The molecule has 12 nitrogen and oxygen atoms in total. The highest BCUT2D eigenvalue weighted by molar-refractivity contribution is 5.91. The van der Waals surface area contributed by atoms with Crippen molar-refractivity contribution < 1.29 is 19.1 Å². The van der Waals surface area contributed by atoms with Crippen LogP contribution in [0.4, 0.5) is 0 Å². The fourth-order valence-corrected chi connectivity index (χ4v) is 6.12. The van der Waals surface area contributed by atoms with Gasteiger partial charge in [-0.3, -0.25) is 14.4 Å². The highest BCUT2D eigenvalue weighted by Gasteiger charge is 2.41. The van der Waals surface area contributed by atoms with Crippen molar-refractivity contribution in [3.8, 4) is 11.8 Å². The van der Waals surface area contributed by atoms with Gasteiger partial charge >= 0.3 is 0 Å². The van der Waals surface area contributed by atoms with Crippen LogP contribution in [-0.2, 0) is 34.4 Å². The predicted octanol–water partition coefficient (Wildman–Crippen LogP) is 1.67. The van der Waals surface area contributed by atoms with E-state index >= 15 is 0 Å². The number of fused-ring (bicyclic) bond motifs is 1. The molecule has 3 amide bonds. The normalized spacial score (nSPS) is 20.7. The SMILES string of the molecule is COc1ccc(C[C@@H]2C[C@@H](C(=O)NCc3ccc4c(c3)nnn4C)N(C(=O)[C@H](N)CCC(=O)N3CCC[C@H]3C#N)C2)cc1. The maximum Gasteiger partial charge on any atom is 0.243 e. The second kappa shape index (κ2) is 13.2. The number of nitrogens with zero attached hydrogens (tertiary/aromatic N) is 6. The molecule has 0 spiro atoms. The molecule has 3 aromatic rings. The second-order valence-corrected chi connectivity index (χ2v) is 11.4. The molecule has 226 valence electrons. The number of methoxy groups -OCH3 is 1. The van der Waals surface area contributed by atoms with Crippen molar-refractivity contribution in [3.63, 3.8) is 0 Å². The molecule has 1 aromatic heterocycles. The number of aryl methyl sites for hydroxylation is 1. The van der Waals surface area contributed by atoms with Gasteiger partial charge in [-0.15, -0.1) is 5.10 Å². The van der Waals surface area contributed by atoms with Crippen molar-refractivity contribution >= 4 is 28.8 Å². The quantitative estimate of drug-likeness (QED) is 0.363. The molecule has 0 unspecified atom stereocenters. The summed E-state index contributed by atoms with van der Waals surface area (Å²) in [7, 11) is 3.44. The number of ether oxygens (including phenoxy) is 1. The number of nitrogens with one attached hydrogen (secondary N) is 1. The summed E-state index contributed by atoms with van der Waals surface area (Å²) in [6.45, 7) is 1.22. The number of nitriles is 1. The van der Waals surface area contributed by atoms with E-state index in [-0.39, 0.29) is 43.0 Å². The molecule has 4 atom stereocenters. The molecular formula is C31H38N8O4. The monoisotopic (exact) mass is 586 g/mol. The summed E-state index contributed by atoms with van der Waals surface area (Å²) < 4.78 is 6.95. The van der Waals surface area contributed by atoms with Crippen molar-refractivity contribution in [3.05, 3.63) is 53.6 Å². The van der Waals surface area contributed by atoms with E-state index in [1.54, 1.807) is 21.6 Å². The summed E-state index contributed by atoms with van der Waals surface area (Å²) in [5.74, 6) is 0.0604. The van der Waals surface area contributed by atoms with Crippen LogP contribution in [0.25, 0.3) is 11.0 Å². The zero-order valence-electron chi connectivity index (χ0n) is 24.6. The van der Waals surface area contributed by atoms with Crippen molar-refractivity contribution in [2.24, 2.45) is 18.7 Å². The Morgan fingerprint density at radius 3 is 2.67 bits per heavy atom. The number of aromatic nitrogens is 3. The highest BCUT2D eigenvalue weighted by atomic mass is 16.5. The Balaban J connectivity index is 1.25. The molecule has 3 N–H and O–H groups in total. The first-order valence-electron chi connectivity index (χ1n) is 14.7. The van der Waals surface area contributed by atoms with Gasteiger partial charge in [-0.1, -0.05) is 23.4 Å². The summed E-state index contributed by atoms with van der Waals surface area (Å²) in [6, 6.07) is 13.6. The summed E-state index contributed by atoms with van der Waals surface area (Å²) in [5, 5.41) is 20.5. The lowest BCUT2D eigenvalue weighted by atomic mass is 9.96. The molecule has 12 heteroatoms. The first-order chi connectivity index (χ1) is 20.8. The van der Waals surface area contributed by atoms with E-state index in [0.717, 1.165) is 34.3 Å². The van der Waals surface area contributed by atoms with Gasteiger partial charge in [0.2, 0.25) is 17.7 Å². The Labute approximate surface area is 250 Å². The van der Waals surface area contributed by atoms with E-state index in [1.807, 2.05) is 49.5 Å². The lowest BCUT2D eigenvalue weighted by Crippen LogP contribution is -2.51. The van der Waals surface area contributed by atoms with Crippen molar-refractivity contribution in [2.45, 2.75) is 63.2 Å². The van der Waals surface area contributed by atoms with Crippen LogP contribution in [0.3, 0.4) is 0 Å². The molecule has 0 saturated carbocycles. The van der Waals surface area contributed by atoms with E-state index in [1.165, 1.54) is 0 Å². The molecule has 43 heavy (non-hydrogen) atoms. The van der Waals surface area contributed by atoms with Crippen LogP contribution >= 0.6 is 0 Å². The van der Waals surface area contributed by atoms with E-state index in [4.69, 9.17) is 10.5 Å². The molecule has 2 aromatic carbocycles. The van der Waals surface area contributed by atoms with E-state index in [0.29, 0.717) is 32.4 Å². The fourth-order valence-electron chi connectivity index (χ4n) is 6.12. The zero-order valence-corrected chi connectivity index (χ0v) is 24.6. The number of amides is 3. The number of hydrogen-bond donors (Lipinski definition) is 2. The standard InChI is InChI=1S/C31H38N8O4/c1-37-27-11-7-21(15-26(27)35-36-37)18-34-30(41)28-16-22(14-20-5-8-24(43-2)9-6-20)19-39(28)31(42)25(33)10-12-29(40)38-13-3-4-23(38)17-32/h5-9,11,15,22-23,25,28H,3-4,10,12-14,16,18-19,33H2,1-2H3,(H,34,41)/t22-,23+,25-,28+/m1/s1. The topological polar surface area (TPSA) is 159 Å². The van der Waals surface area contributed by atoms with Crippen molar-refractivity contribution in [1.82, 2.24) is 30.1 Å². The molecule has 5 rings (SSSR count). The largest absolute Gasteiger partial charge is 0.497 e.